The zero-order chi connectivity index (χ0) is 80.2. The van der Waals surface area contributed by atoms with E-state index in [0.717, 1.165) is 114 Å². The minimum atomic E-state index is -5.61. The average Bonchev–Trinajstić information content (AvgIpc) is 1.57. The van der Waals surface area contributed by atoms with Crippen molar-refractivity contribution in [1.29, 1.82) is 5.26 Å². The van der Waals surface area contributed by atoms with Crippen LogP contribution in [0.3, 0.4) is 0 Å². The number of hydrogen-bond acceptors (Lipinski definition) is 1. The molecule has 0 aliphatic carbocycles. The number of nitriles is 1. The van der Waals surface area contributed by atoms with Crippen LogP contribution in [0, 0.1) is 11.3 Å². The van der Waals surface area contributed by atoms with Crippen LogP contribution in [0.1, 0.15) is 61.2 Å². The highest BCUT2D eigenvalue weighted by molar-refractivity contribution is 6.14. The third-order valence-corrected chi connectivity index (χ3v) is 18.2. The second-order valence-electron chi connectivity index (χ2n) is 25.0. The van der Waals surface area contributed by atoms with E-state index in [9.17, 15) is 111 Å². The van der Waals surface area contributed by atoms with Gasteiger partial charge in [-0.05, 0) is 195 Å². The molecule has 566 valence electrons. The van der Waals surface area contributed by atoms with Crippen molar-refractivity contribution < 1.29 is 132 Å². The van der Waals surface area contributed by atoms with Gasteiger partial charge in [0.1, 0.15) is 0 Å². The quantitative estimate of drug-likeness (QED) is 0.140. The van der Waals surface area contributed by atoms with Gasteiger partial charge in [0.05, 0.1) is 101 Å². The van der Waals surface area contributed by atoms with E-state index in [2.05, 4.69) is 0 Å². The lowest BCUT2D eigenvalue weighted by molar-refractivity contribution is -0.144. The smallest absolute Gasteiger partial charge is 0.309 e. The minimum Gasteiger partial charge on any atom is -0.309 e. The van der Waals surface area contributed by atoms with Gasteiger partial charge < -0.3 is 9.13 Å². The van der Waals surface area contributed by atoms with Crippen molar-refractivity contribution >= 4 is 43.6 Å². The molecular formula is C77H33F30N3. The molecule has 0 radical (unpaired) electrons. The Morgan fingerprint density at radius 1 is 0.200 bits per heavy atom. The maximum atomic E-state index is 15.1. The molecule has 0 saturated carbocycles. The summed E-state index contributed by atoms with van der Waals surface area (Å²) >= 11 is 0. The Labute approximate surface area is 595 Å². The van der Waals surface area contributed by atoms with E-state index in [4.69, 9.17) is 0 Å². The van der Waals surface area contributed by atoms with Gasteiger partial charge in [0, 0.05) is 32.7 Å². The molecule has 0 spiro atoms. The molecule has 13 aromatic rings. The number of nitrogens with zero attached hydrogens (tertiary/aromatic N) is 3. The molecule has 0 aliphatic rings. The lowest BCUT2D eigenvalue weighted by atomic mass is 9.93. The third-order valence-electron chi connectivity index (χ3n) is 18.2. The Balaban J connectivity index is 1.17. The first-order chi connectivity index (χ1) is 50.8. The number of halogens is 30. The first kappa shape index (κ1) is 76.6. The van der Waals surface area contributed by atoms with Gasteiger partial charge >= 0.3 is 61.8 Å². The Bertz CT molecular complexity index is 5650. The first-order valence-corrected chi connectivity index (χ1v) is 31.1. The fraction of sp³-hybridized carbons (Fsp3) is 0.130. The third kappa shape index (κ3) is 14.2. The van der Waals surface area contributed by atoms with E-state index in [0.29, 0.717) is 24.3 Å². The molecule has 2 heterocycles. The molecule has 0 bridgehead atoms. The van der Waals surface area contributed by atoms with Crippen molar-refractivity contribution in [3.05, 3.63) is 261 Å². The van der Waals surface area contributed by atoms with Gasteiger partial charge in [0.15, 0.2) is 0 Å². The van der Waals surface area contributed by atoms with Crippen molar-refractivity contribution in [2.45, 2.75) is 61.8 Å². The van der Waals surface area contributed by atoms with Crippen LogP contribution in [0.25, 0.3) is 122 Å². The Kier molecular flexibility index (Phi) is 18.0. The fourth-order valence-electron chi connectivity index (χ4n) is 13.3. The van der Waals surface area contributed by atoms with Crippen LogP contribution in [0.2, 0.25) is 0 Å². The van der Waals surface area contributed by atoms with Crippen molar-refractivity contribution in [2.75, 3.05) is 0 Å². The van der Waals surface area contributed by atoms with E-state index in [-0.39, 0.29) is 122 Å². The summed E-state index contributed by atoms with van der Waals surface area (Å²) in [5.74, 6) is 0. The molecule has 11 aromatic carbocycles. The second-order valence-corrected chi connectivity index (χ2v) is 25.0. The summed E-state index contributed by atoms with van der Waals surface area (Å²) in [6, 6.07) is 21.3. The van der Waals surface area contributed by atoms with Gasteiger partial charge in [-0.2, -0.15) is 137 Å². The van der Waals surface area contributed by atoms with E-state index in [1.165, 1.54) is 4.57 Å². The molecule has 0 N–H and O–H groups in total. The molecular weight excluding hydrogens is 1540 g/mol. The Hall–Kier alpha value is -11.6. The van der Waals surface area contributed by atoms with Crippen molar-refractivity contribution in [3.63, 3.8) is 0 Å². The highest BCUT2D eigenvalue weighted by Crippen LogP contribution is 2.52. The van der Waals surface area contributed by atoms with Crippen LogP contribution >= 0.6 is 0 Å². The Morgan fingerprint density at radius 2 is 0.473 bits per heavy atom. The predicted octanol–water partition coefficient (Wildman–Crippen LogP) is 27.9. The fourth-order valence-corrected chi connectivity index (χ4v) is 13.3. The van der Waals surface area contributed by atoms with Gasteiger partial charge in [-0.1, -0.05) is 60.7 Å². The number of alkyl halides is 30. The van der Waals surface area contributed by atoms with E-state index < -0.39 is 189 Å². The summed E-state index contributed by atoms with van der Waals surface area (Å²) in [6.07, 6.45) is -55.0. The first-order valence-electron chi connectivity index (χ1n) is 31.1. The molecule has 110 heavy (non-hydrogen) atoms. The molecule has 0 fully saturated rings. The van der Waals surface area contributed by atoms with E-state index in [1.54, 1.807) is 0 Å². The number of aromatic nitrogens is 2. The number of fused-ring (bicyclic) bond motifs is 6. The zero-order valence-electron chi connectivity index (χ0n) is 53.7. The highest BCUT2D eigenvalue weighted by Gasteiger charge is 2.44. The van der Waals surface area contributed by atoms with Crippen LogP contribution in [0.4, 0.5) is 132 Å². The summed E-state index contributed by atoms with van der Waals surface area (Å²) in [7, 11) is 0. The standard InChI is InChI=1S/C77H33F30N3/c78-68(79,80)42-7-12-48(58(30-42)74(96,97)98)37-3-17-63-54(24-37)55-25-38(49-13-8-43(69(81,82)83)31-59(49)75(99,100)101)4-18-64(55)109(63)62-16-1-35(34-108)21-53(62)52-11-2-36(41-22-46(72(90,91)92)29-47(23-41)73(93,94)95)28-67(52)110-65-19-5-39(50-14-9-44(70(84,85)86)32-60(50)76(102,103)104)26-56(65)57-27-40(6-20-66(57)110)51-15-10-45(71(87,88)89)33-61(51)77(105,106)107/h1-33H. The van der Waals surface area contributed by atoms with E-state index >= 15 is 26.3 Å². The van der Waals surface area contributed by atoms with Gasteiger partial charge in [-0.3, -0.25) is 0 Å². The molecule has 0 amide bonds. The molecule has 0 saturated heterocycles. The molecule has 0 aliphatic heterocycles. The topological polar surface area (TPSA) is 33.6 Å². The van der Waals surface area contributed by atoms with Crippen molar-refractivity contribution in [1.82, 2.24) is 9.13 Å². The van der Waals surface area contributed by atoms with Gasteiger partial charge in [-0.25, -0.2) is 0 Å². The molecule has 0 unspecified atom stereocenters. The van der Waals surface area contributed by atoms with Crippen LogP contribution in [-0.4, -0.2) is 9.13 Å². The molecule has 33 heteroatoms. The van der Waals surface area contributed by atoms with Crippen LogP contribution in [0.5, 0.6) is 0 Å². The normalized spacial score (nSPS) is 13.4. The second kappa shape index (κ2) is 25.8. The lowest BCUT2D eigenvalue weighted by Gasteiger charge is -2.21. The minimum absolute atomic E-state index is 0.223. The number of benzene rings is 11. The predicted molar refractivity (Wildman–Crippen MR) is 342 cm³/mol. The Morgan fingerprint density at radius 3 is 0.745 bits per heavy atom. The maximum Gasteiger partial charge on any atom is 0.417 e. The van der Waals surface area contributed by atoms with E-state index in [1.807, 2.05) is 6.07 Å². The summed E-state index contributed by atoms with van der Waals surface area (Å²) in [6.45, 7) is 0. The van der Waals surface area contributed by atoms with Crippen LogP contribution < -0.4 is 0 Å². The zero-order valence-corrected chi connectivity index (χ0v) is 53.7. The largest absolute Gasteiger partial charge is 0.417 e. The van der Waals surface area contributed by atoms with Crippen LogP contribution in [-0.2, 0) is 61.8 Å². The van der Waals surface area contributed by atoms with Gasteiger partial charge in [0.25, 0.3) is 0 Å². The molecule has 0 atom stereocenters. The summed E-state index contributed by atoms with van der Waals surface area (Å²) in [5.41, 5.74) is -29.4. The summed E-state index contributed by atoms with van der Waals surface area (Å²) in [4.78, 5) is 0. The maximum absolute atomic E-state index is 15.1. The van der Waals surface area contributed by atoms with Crippen molar-refractivity contribution in [2.24, 2.45) is 0 Å². The van der Waals surface area contributed by atoms with Gasteiger partial charge in [-0.15, -0.1) is 0 Å². The van der Waals surface area contributed by atoms with Crippen molar-refractivity contribution in [3.8, 4) is 84.2 Å². The summed E-state index contributed by atoms with van der Waals surface area (Å²) in [5, 5.41) is 9.17. The molecule has 2 aromatic heterocycles. The average molecular weight is 1570 g/mol. The lowest BCUT2D eigenvalue weighted by Crippen LogP contribution is -2.12. The van der Waals surface area contributed by atoms with Crippen LogP contribution in [0.15, 0.2) is 200 Å². The number of hydrogen-bond donors (Lipinski definition) is 0. The summed E-state index contributed by atoms with van der Waals surface area (Å²) < 4.78 is 440. The van der Waals surface area contributed by atoms with Gasteiger partial charge in [0.2, 0.25) is 0 Å². The highest BCUT2D eigenvalue weighted by atomic mass is 19.4. The monoisotopic (exact) mass is 1570 g/mol. The SMILES string of the molecule is N#Cc1ccc(-n2c3ccc(-c4ccc(C(F)(F)F)cc4C(F)(F)F)cc3c3cc(-c4ccc(C(F)(F)F)cc4C(F)(F)F)ccc32)c(-c2ccc(-c3cc(C(F)(F)F)cc(C(F)(F)F)c3)cc2-n2c3ccc(-c4ccc(C(F)(F)F)cc4C(F)(F)F)cc3c3cc(-c4ccc(C(F)(F)F)cc4C(F)(F)F)ccc32)c1. The number of rotatable bonds is 8. The molecule has 3 nitrogen and oxygen atoms in total. The molecule has 13 rings (SSSR count).